The summed E-state index contributed by atoms with van der Waals surface area (Å²) in [5.41, 5.74) is 11.7. The molecular weight excluding hydrogens is 380 g/mol. The first-order valence-corrected chi connectivity index (χ1v) is 9.57. The molecule has 0 radical (unpaired) electrons. The Hall–Kier alpha value is -3.70. The van der Waals surface area contributed by atoms with Crippen LogP contribution >= 0.6 is 0 Å². The van der Waals surface area contributed by atoms with Gasteiger partial charge >= 0.3 is 5.97 Å². The summed E-state index contributed by atoms with van der Waals surface area (Å²) in [6.07, 6.45) is 4.02. The minimum Gasteiger partial charge on any atom is -0.478 e. The maximum absolute atomic E-state index is 11.5. The number of rotatable bonds is 3. The fraction of sp³-hybridized carbons (Fsp3) is 0.273. The zero-order chi connectivity index (χ0) is 21.4. The van der Waals surface area contributed by atoms with Crippen LogP contribution in [0.3, 0.4) is 0 Å². The number of nitrogens with two attached hydrogens (primary N) is 1. The smallest absolute Gasteiger partial charge is 0.340 e. The van der Waals surface area contributed by atoms with E-state index in [-0.39, 0.29) is 22.9 Å². The number of aromatic nitrogens is 4. The second-order valence-corrected chi connectivity index (χ2v) is 7.40. The van der Waals surface area contributed by atoms with Gasteiger partial charge in [0.25, 0.3) is 0 Å². The number of benzene rings is 1. The van der Waals surface area contributed by atoms with Crippen LogP contribution in [0.4, 0.5) is 5.82 Å². The molecule has 30 heavy (non-hydrogen) atoms. The first-order valence-electron chi connectivity index (χ1n) is 9.57. The molecule has 1 aliphatic rings. The number of aromatic carboxylic acids is 1. The van der Waals surface area contributed by atoms with Gasteiger partial charge in [0.05, 0.1) is 11.9 Å². The van der Waals surface area contributed by atoms with Gasteiger partial charge in [0.15, 0.2) is 11.6 Å². The predicted octanol–water partition coefficient (Wildman–Crippen LogP) is 2.28. The van der Waals surface area contributed by atoms with E-state index in [0.717, 1.165) is 25.1 Å². The van der Waals surface area contributed by atoms with Gasteiger partial charge < -0.3 is 15.7 Å². The quantitative estimate of drug-likeness (QED) is 0.647. The van der Waals surface area contributed by atoms with Crippen molar-refractivity contribution in [3.05, 3.63) is 52.5 Å². The minimum absolute atomic E-state index is 0.0105. The van der Waals surface area contributed by atoms with Crippen molar-refractivity contribution in [2.45, 2.75) is 26.8 Å². The summed E-state index contributed by atoms with van der Waals surface area (Å²) in [4.78, 5) is 22.7. The second-order valence-electron chi connectivity index (χ2n) is 7.40. The molecule has 0 fully saturated rings. The Labute approximate surface area is 174 Å². The molecule has 2 aromatic heterocycles. The molecule has 0 saturated carbocycles. The van der Waals surface area contributed by atoms with E-state index >= 15 is 0 Å². The van der Waals surface area contributed by atoms with E-state index in [1.807, 2.05) is 0 Å². The van der Waals surface area contributed by atoms with Crippen molar-refractivity contribution >= 4 is 11.8 Å². The Morgan fingerprint density at radius 1 is 1.33 bits per heavy atom. The van der Waals surface area contributed by atoms with Crippen molar-refractivity contribution < 1.29 is 9.90 Å². The third-order valence-electron chi connectivity index (χ3n) is 5.23. The first-order chi connectivity index (χ1) is 14.4. The number of carboxylic acid groups (broad SMARTS) is 1. The van der Waals surface area contributed by atoms with E-state index < -0.39 is 5.97 Å². The molecule has 1 aliphatic heterocycles. The van der Waals surface area contributed by atoms with Crippen molar-refractivity contribution in [2.75, 3.05) is 19.3 Å². The van der Waals surface area contributed by atoms with E-state index in [1.165, 1.54) is 27.6 Å². The largest absolute Gasteiger partial charge is 0.478 e. The monoisotopic (exact) mass is 402 g/mol. The van der Waals surface area contributed by atoms with Crippen molar-refractivity contribution in [3.8, 4) is 28.9 Å². The van der Waals surface area contributed by atoms with Crippen molar-refractivity contribution in [3.63, 3.8) is 0 Å². The van der Waals surface area contributed by atoms with E-state index in [0.29, 0.717) is 5.69 Å². The third-order valence-corrected chi connectivity index (χ3v) is 5.23. The lowest BCUT2D eigenvalue weighted by atomic mass is 9.92. The summed E-state index contributed by atoms with van der Waals surface area (Å²) in [5.74, 6) is 4.69. The van der Waals surface area contributed by atoms with Crippen molar-refractivity contribution in [1.29, 1.82) is 0 Å². The number of nitrogen functional groups attached to an aromatic ring is 1. The van der Waals surface area contributed by atoms with Crippen LogP contribution in [0.2, 0.25) is 0 Å². The predicted molar refractivity (Wildman–Crippen MR) is 113 cm³/mol. The highest BCUT2D eigenvalue weighted by atomic mass is 16.4. The molecule has 0 spiro atoms. The van der Waals surface area contributed by atoms with E-state index in [1.54, 1.807) is 13.1 Å². The lowest BCUT2D eigenvalue weighted by molar-refractivity contribution is 0.0696. The van der Waals surface area contributed by atoms with Gasteiger partial charge in [0, 0.05) is 24.8 Å². The lowest BCUT2D eigenvalue weighted by Gasteiger charge is -2.27. The minimum atomic E-state index is -1.11. The number of hydrogen-bond acceptors (Lipinski definition) is 6. The SMILES string of the molecule is CC#Cc1nn(-c2nc(-c3cc(C)c4c(c3)CN(C)CC4)cnc2N)cc1C(=O)O. The molecular formula is C22H22N6O2. The molecule has 152 valence electrons. The number of aryl methyl sites for hydroxylation is 1. The van der Waals surface area contributed by atoms with Crippen LogP contribution in [0.25, 0.3) is 17.1 Å². The van der Waals surface area contributed by atoms with Gasteiger partial charge in [0.1, 0.15) is 11.3 Å². The van der Waals surface area contributed by atoms with Crippen LogP contribution < -0.4 is 5.73 Å². The normalized spacial score (nSPS) is 13.4. The van der Waals surface area contributed by atoms with Crippen LogP contribution in [-0.4, -0.2) is 49.3 Å². The number of anilines is 1. The molecule has 3 N–H and O–H groups in total. The average Bonchev–Trinajstić information content (AvgIpc) is 3.12. The Kier molecular flexibility index (Phi) is 4.98. The molecule has 3 heterocycles. The maximum atomic E-state index is 11.5. The molecule has 0 bridgehead atoms. The maximum Gasteiger partial charge on any atom is 0.340 e. The molecule has 0 amide bonds. The zero-order valence-corrected chi connectivity index (χ0v) is 17.1. The molecule has 4 rings (SSSR count). The van der Waals surface area contributed by atoms with Gasteiger partial charge in [-0.3, -0.25) is 0 Å². The zero-order valence-electron chi connectivity index (χ0n) is 17.1. The number of hydrogen-bond donors (Lipinski definition) is 2. The van der Waals surface area contributed by atoms with Gasteiger partial charge in [-0.15, -0.1) is 0 Å². The molecule has 3 aromatic rings. The summed E-state index contributed by atoms with van der Waals surface area (Å²) < 4.78 is 1.33. The summed E-state index contributed by atoms with van der Waals surface area (Å²) in [5, 5.41) is 13.7. The van der Waals surface area contributed by atoms with Crippen LogP contribution in [0.1, 0.15) is 39.7 Å². The summed E-state index contributed by atoms with van der Waals surface area (Å²) in [6, 6.07) is 4.25. The topological polar surface area (TPSA) is 110 Å². The number of nitrogens with zero attached hydrogens (tertiary/aromatic N) is 5. The fourth-order valence-electron chi connectivity index (χ4n) is 3.76. The summed E-state index contributed by atoms with van der Waals surface area (Å²) in [7, 11) is 2.11. The average molecular weight is 402 g/mol. The Balaban J connectivity index is 1.81. The lowest BCUT2D eigenvalue weighted by Crippen LogP contribution is -2.27. The third kappa shape index (κ3) is 3.51. The van der Waals surface area contributed by atoms with Crippen LogP contribution in [0.15, 0.2) is 24.5 Å². The van der Waals surface area contributed by atoms with Crippen molar-refractivity contribution in [2.24, 2.45) is 0 Å². The highest BCUT2D eigenvalue weighted by Crippen LogP contribution is 2.29. The highest BCUT2D eigenvalue weighted by molar-refractivity contribution is 5.90. The Morgan fingerprint density at radius 3 is 2.87 bits per heavy atom. The number of carboxylic acids is 1. The van der Waals surface area contributed by atoms with Gasteiger partial charge in [-0.25, -0.2) is 19.4 Å². The molecule has 0 aliphatic carbocycles. The van der Waals surface area contributed by atoms with Crippen LogP contribution in [-0.2, 0) is 13.0 Å². The van der Waals surface area contributed by atoms with Crippen LogP contribution in [0.5, 0.6) is 0 Å². The summed E-state index contributed by atoms with van der Waals surface area (Å²) >= 11 is 0. The standard InChI is InChI=1S/C22H22N6O2/c1-4-5-18-17(22(29)30)12-28(26-18)21-20(23)24-10-19(25-21)14-8-13(2)16-6-7-27(3)11-15(16)9-14/h8-10,12H,6-7,11H2,1-3H3,(H2,23,24)(H,29,30). The Bertz CT molecular complexity index is 1220. The van der Waals surface area contributed by atoms with E-state index in [4.69, 9.17) is 5.73 Å². The summed E-state index contributed by atoms with van der Waals surface area (Å²) in [6.45, 7) is 5.67. The number of carbonyl (C=O) groups is 1. The Morgan fingerprint density at radius 2 is 2.13 bits per heavy atom. The second kappa shape index (κ2) is 7.61. The molecule has 8 nitrogen and oxygen atoms in total. The van der Waals surface area contributed by atoms with E-state index in [2.05, 4.69) is 57.9 Å². The van der Waals surface area contributed by atoms with Gasteiger partial charge in [-0.2, -0.15) is 5.10 Å². The molecule has 0 saturated heterocycles. The molecule has 8 heteroatoms. The first kappa shape index (κ1) is 19.6. The number of likely N-dealkylation sites (N-methyl/N-ethyl adjacent to an activating group) is 1. The fourth-order valence-corrected chi connectivity index (χ4v) is 3.76. The molecule has 1 aromatic carbocycles. The van der Waals surface area contributed by atoms with Crippen molar-refractivity contribution in [1.82, 2.24) is 24.6 Å². The van der Waals surface area contributed by atoms with Gasteiger partial charge in [-0.05, 0) is 62.1 Å². The molecule has 0 unspecified atom stereocenters. The highest BCUT2D eigenvalue weighted by Gasteiger charge is 2.20. The van der Waals surface area contributed by atoms with E-state index in [9.17, 15) is 9.90 Å². The van der Waals surface area contributed by atoms with Crippen LogP contribution in [0, 0.1) is 18.8 Å². The number of fused-ring (bicyclic) bond motifs is 1. The van der Waals surface area contributed by atoms with Gasteiger partial charge in [0.2, 0.25) is 0 Å². The van der Waals surface area contributed by atoms with Gasteiger partial charge in [-0.1, -0.05) is 5.92 Å². The molecule has 0 atom stereocenters.